The van der Waals surface area contributed by atoms with Crippen LogP contribution in [0.1, 0.15) is 40.5 Å². The monoisotopic (exact) mass is 349 g/mol. The van der Waals surface area contributed by atoms with Crippen molar-refractivity contribution >= 4 is 15.9 Å². The van der Waals surface area contributed by atoms with E-state index in [0.717, 1.165) is 18.5 Å². The standard InChI is InChI=1S/C16H19N3O4S/c1-10-11(2)23-15(18-10)9-17-16(20)12-4-3-5-14(8-12)24(21,22)19-13-6-7-13/h3-5,8,13,19H,6-7,9H2,1-2H3,(H,17,20). The molecule has 24 heavy (non-hydrogen) atoms. The average molecular weight is 349 g/mol. The van der Waals surface area contributed by atoms with Gasteiger partial charge >= 0.3 is 0 Å². The van der Waals surface area contributed by atoms with E-state index in [9.17, 15) is 13.2 Å². The van der Waals surface area contributed by atoms with Gasteiger partial charge < -0.3 is 9.73 Å². The number of aromatic nitrogens is 1. The number of carbonyl (C=O) groups excluding carboxylic acids is 1. The number of benzene rings is 1. The van der Waals surface area contributed by atoms with Crippen LogP contribution in [-0.2, 0) is 16.6 Å². The molecule has 1 aromatic carbocycles. The topological polar surface area (TPSA) is 101 Å². The highest BCUT2D eigenvalue weighted by molar-refractivity contribution is 7.89. The molecule has 2 aromatic rings. The number of oxazole rings is 1. The maximum Gasteiger partial charge on any atom is 0.251 e. The van der Waals surface area contributed by atoms with Crippen molar-refractivity contribution < 1.29 is 17.6 Å². The van der Waals surface area contributed by atoms with Gasteiger partial charge in [-0.05, 0) is 44.9 Å². The third kappa shape index (κ3) is 3.82. The minimum absolute atomic E-state index is 0.0176. The fourth-order valence-corrected chi connectivity index (χ4v) is 3.52. The lowest BCUT2D eigenvalue weighted by Gasteiger charge is -2.07. The van der Waals surface area contributed by atoms with E-state index in [1.807, 2.05) is 6.92 Å². The molecule has 1 aromatic heterocycles. The number of nitrogens with zero attached hydrogens (tertiary/aromatic N) is 1. The lowest BCUT2D eigenvalue weighted by atomic mass is 10.2. The van der Waals surface area contributed by atoms with Gasteiger partial charge in [0.1, 0.15) is 5.76 Å². The zero-order valence-corrected chi connectivity index (χ0v) is 14.3. The second-order valence-electron chi connectivity index (χ2n) is 5.86. The molecule has 128 valence electrons. The van der Waals surface area contributed by atoms with Gasteiger partial charge in [0.15, 0.2) is 0 Å². The lowest BCUT2D eigenvalue weighted by Crippen LogP contribution is -2.27. The van der Waals surface area contributed by atoms with E-state index in [1.165, 1.54) is 12.1 Å². The molecule has 0 radical (unpaired) electrons. The number of aryl methyl sites for hydroxylation is 2. The molecule has 0 atom stereocenters. The first-order valence-corrected chi connectivity index (χ1v) is 9.17. The molecule has 0 unspecified atom stereocenters. The molecule has 8 heteroatoms. The average Bonchev–Trinajstić information content (AvgIpc) is 3.29. The Kier molecular flexibility index (Phi) is 4.42. The Labute approximate surface area is 140 Å². The summed E-state index contributed by atoms with van der Waals surface area (Å²) in [6.45, 7) is 3.77. The summed E-state index contributed by atoms with van der Waals surface area (Å²) >= 11 is 0. The van der Waals surface area contributed by atoms with E-state index in [1.54, 1.807) is 19.1 Å². The molecule has 1 aliphatic rings. The molecule has 1 aliphatic carbocycles. The van der Waals surface area contributed by atoms with Crippen LogP contribution in [0, 0.1) is 13.8 Å². The van der Waals surface area contributed by atoms with E-state index in [2.05, 4.69) is 15.0 Å². The highest BCUT2D eigenvalue weighted by atomic mass is 32.2. The lowest BCUT2D eigenvalue weighted by molar-refractivity contribution is 0.0947. The van der Waals surface area contributed by atoms with Crippen LogP contribution in [0.2, 0.25) is 0 Å². The molecular weight excluding hydrogens is 330 g/mol. The highest BCUT2D eigenvalue weighted by Gasteiger charge is 2.28. The van der Waals surface area contributed by atoms with Crippen LogP contribution in [-0.4, -0.2) is 25.4 Å². The molecule has 1 fully saturated rings. The van der Waals surface area contributed by atoms with Gasteiger partial charge in [-0.1, -0.05) is 6.07 Å². The number of hydrogen-bond donors (Lipinski definition) is 2. The molecular formula is C16H19N3O4S. The van der Waals surface area contributed by atoms with Gasteiger partial charge in [0.05, 0.1) is 17.1 Å². The van der Waals surface area contributed by atoms with Gasteiger partial charge in [0.25, 0.3) is 5.91 Å². The molecule has 2 N–H and O–H groups in total. The summed E-state index contributed by atoms with van der Waals surface area (Å²) in [5.41, 5.74) is 1.05. The van der Waals surface area contributed by atoms with Gasteiger partial charge in [-0.15, -0.1) is 0 Å². The highest BCUT2D eigenvalue weighted by Crippen LogP contribution is 2.22. The molecule has 0 aliphatic heterocycles. The first-order chi connectivity index (χ1) is 11.3. The van der Waals surface area contributed by atoms with E-state index < -0.39 is 10.0 Å². The molecule has 1 saturated carbocycles. The van der Waals surface area contributed by atoms with Crippen molar-refractivity contribution in [1.29, 1.82) is 0 Å². The van der Waals surface area contributed by atoms with Crippen LogP contribution < -0.4 is 10.0 Å². The van der Waals surface area contributed by atoms with E-state index in [-0.39, 0.29) is 29.0 Å². The van der Waals surface area contributed by atoms with Gasteiger partial charge in [-0.3, -0.25) is 4.79 Å². The number of rotatable bonds is 6. The first kappa shape index (κ1) is 16.7. The number of carbonyl (C=O) groups is 1. The summed E-state index contributed by atoms with van der Waals surface area (Å²) in [5, 5.41) is 2.68. The predicted molar refractivity (Wildman–Crippen MR) is 86.9 cm³/mol. The van der Waals surface area contributed by atoms with Gasteiger partial charge in [0.2, 0.25) is 15.9 Å². The van der Waals surface area contributed by atoms with Crippen LogP contribution in [0.4, 0.5) is 0 Å². The molecule has 1 heterocycles. The van der Waals surface area contributed by atoms with Crippen molar-refractivity contribution in [2.24, 2.45) is 0 Å². The van der Waals surface area contributed by atoms with Crippen LogP contribution in [0.15, 0.2) is 33.6 Å². The second-order valence-corrected chi connectivity index (χ2v) is 7.57. The second kappa shape index (κ2) is 6.37. The summed E-state index contributed by atoms with van der Waals surface area (Å²) in [4.78, 5) is 16.5. The zero-order chi connectivity index (χ0) is 17.3. The maximum atomic E-state index is 12.2. The Balaban J connectivity index is 1.69. The Morgan fingerprint density at radius 1 is 1.33 bits per heavy atom. The third-order valence-corrected chi connectivity index (χ3v) is 5.30. The largest absolute Gasteiger partial charge is 0.444 e. The number of hydrogen-bond acceptors (Lipinski definition) is 5. The van der Waals surface area contributed by atoms with Gasteiger partial charge in [-0.25, -0.2) is 18.1 Å². The van der Waals surface area contributed by atoms with Gasteiger partial charge in [-0.2, -0.15) is 0 Å². The summed E-state index contributed by atoms with van der Waals surface area (Å²) in [5.74, 6) is 0.739. The van der Waals surface area contributed by atoms with Crippen LogP contribution in [0.25, 0.3) is 0 Å². The fourth-order valence-electron chi connectivity index (χ4n) is 2.17. The smallest absolute Gasteiger partial charge is 0.251 e. The quantitative estimate of drug-likeness (QED) is 0.826. The molecule has 3 rings (SSSR count). The minimum atomic E-state index is -3.58. The molecule has 0 saturated heterocycles. The first-order valence-electron chi connectivity index (χ1n) is 7.68. The summed E-state index contributed by atoms with van der Waals surface area (Å²) in [6.07, 6.45) is 1.71. The van der Waals surface area contributed by atoms with Crippen molar-refractivity contribution in [2.45, 2.75) is 44.2 Å². The predicted octanol–water partition coefficient (Wildman–Crippen LogP) is 1.66. The van der Waals surface area contributed by atoms with E-state index >= 15 is 0 Å². The minimum Gasteiger partial charge on any atom is -0.444 e. The summed E-state index contributed by atoms with van der Waals surface area (Å²) < 4.78 is 32.4. The van der Waals surface area contributed by atoms with E-state index in [4.69, 9.17) is 4.42 Å². The van der Waals surface area contributed by atoms with Crippen molar-refractivity contribution in [2.75, 3.05) is 0 Å². The number of nitrogens with one attached hydrogen (secondary N) is 2. The molecule has 0 spiro atoms. The zero-order valence-electron chi connectivity index (χ0n) is 13.5. The molecule has 7 nitrogen and oxygen atoms in total. The maximum absolute atomic E-state index is 12.2. The van der Waals surface area contributed by atoms with Crippen molar-refractivity contribution in [3.63, 3.8) is 0 Å². The van der Waals surface area contributed by atoms with Crippen LogP contribution >= 0.6 is 0 Å². The van der Waals surface area contributed by atoms with Crippen molar-refractivity contribution in [3.8, 4) is 0 Å². The Morgan fingerprint density at radius 2 is 2.08 bits per heavy atom. The Morgan fingerprint density at radius 3 is 2.71 bits per heavy atom. The SMILES string of the molecule is Cc1nc(CNC(=O)c2cccc(S(=O)(=O)NC3CC3)c2)oc1C. The van der Waals surface area contributed by atoms with E-state index in [0.29, 0.717) is 11.7 Å². The van der Waals surface area contributed by atoms with Crippen molar-refractivity contribution in [1.82, 2.24) is 15.0 Å². The molecule has 0 bridgehead atoms. The molecule has 1 amide bonds. The summed E-state index contributed by atoms with van der Waals surface area (Å²) in [7, 11) is -3.58. The van der Waals surface area contributed by atoms with Crippen molar-refractivity contribution in [3.05, 3.63) is 47.2 Å². The Bertz CT molecular complexity index is 850. The number of amides is 1. The normalized spacial score (nSPS) is 14.6. The van der Waals surface area contributed by atoms with Crippen LogP contribution in [0.3, 0.4) is 0 Å². The van der Waals surface area contributed by atoms with Gasteiger partial charge in [0, 0.05) is 11.6 Å². The number of sulfonamides is 1. The van der Waals surface area contributed by atoms with Crippen LogP contribution in [0.5, 0.6) is 0 Å². The third-order valence-electron chi connectivity index (χ3n) is 3.78. The Hall–Kier alpha value is -2.19. The summed E-state index contributed by atoms with van der Waals surface area (Å²) in [6, 6.07) is 5.98. The fraction of sp³-hybridized carbons (Fsp3) is 0.375.